The van der Waals surface area contributed by atoms with Crippen molar-refractivity contribution in [3.05, 3.63) is 60.2 Å². The van der Waals surface area contributed by atoms with Crippen molar-refractivity contribution in [2.45, 2.75) is 27.2 Å². The minimum atomic E-state index is 0.0402. The maximum atomic E-state index is 12.5. The van der Waals surface area contributed by atoms with E-state index in [9.17, 15) is 4.79 Å². The highest BCUT2D eigenvalue weighted by Crippen LogP contribution is 2.28. The second-order valence-corrected chi connectivity index (χ2v) is 8.58. The van der Waals surface area contributed by atoms with Gasteiger partial charge < -0.3 is 14.4 Å². The molecule has 0 unspecified atom stereocenters. The van der Waals surface area contributed by atoms with Crippen molar-refractivity contribution in [1.82, 2.24) is 19.6 Å². The molecule has 0 radical (unpaired) electrons. The van der Waals surface area contributed by atoms with E-state index in [1.807, 2.05) is 59.0 Å². The second-order valence-electron chi connectivity index (χ2n) is 8.58. The molecule has 2 heterocycles. The molecule has 0 N–H and O–H groups in total. The third kappa shape index (κ3) is 5.78. The minimum Gasteiger partial charge on any atom is -0.484 e. The summed E-state index contributed by atoms with van der Waals surface area (Å²) in [4.78, 5) is 16.8. The van der Waals surface area contributed by atoms with E-state index in [0.717, 1.165) is 56.1 Å². The molecule has 1 amide bonds. The Labute approximate surface area is 201 Å². The quantitative estimate of drug-likeness (QED) is 0.478. The molecule has 4 rings (SSSR count). The molecular formula is C27H34N4O3. The Balaban J connectivity index is 1.38. The van der Waals surface area contributed by atoms with Crippen LogP contribution in [0.25, 0.3) is 16.9 Å². The molecule has 0 saturated carbocycles. The fourth-order valence-corrected chi connectivity index (χ4v) is 4.12. The van der Waals surface area contributed by atoms with Gasteiger partial charge in [-0.3, -0.25) is 9.69 Å². The van der Waals surface area contributed by atoms with Crippen LogP contribution in [0, 0.1) is 6.92 Å². The molecule has 7 nitrogen and oxygen atoms in total. The van der Waals surface area contributed by atoms with E-state index in [4.69, 9.17) is 14.6 Å². The van der Waals surface area contributed by atoms with Crippen molar-refractivity contribution in [1.29, 1.82) is 0 Å². The highest BCUT2D eigenvalue weighted by Gasteiger charge is 2.21. The molecular weight excluding hydrogens is 428 g/mol. The molecule has 1 fully saturated rings. The second kappa shape index (κ2) is 11.2. The minimum absolute atomic E-state index is 0.0402. The van der Waals surface area contributed by atoms with Crippen LogP contribution in [0.2, 0.25) is 0 Å². The summed E-state index contributed by atoms with van der Waals surface area (Å²) in [7, 11) is 0. The normalized spacial score (nSPS) is 14.3. The standard InChI is InChI=1S/C27H34N4O3/c1-4-14-29-15-17-30(18-16-29)26(32)20-34-24-12-8-22(9-13-24)25-19-27(33-5-2)31(28-25)23-10-6-21(3)7-11-23/h6-13,19H,4-5,14-18,20H2,1-3H3. The summed E-state index contributed by atoms with van der Waals surface area (Å²) >= 11 is 0. The number of nitrogens with zero attached hydrogens (tertiary/aromatic N) is 4. The van der Waals surface area contributed by atoms with Crippen molar-refractivity contribution in [2.24, 2.45) is 0 Å². The third-order valence-electron chi connectivity index (χ3n) is 6.02. The van der Waals surface area contributed by atoms with Gasteiger partial charge in [-0.1, -0.05) is 24.6 Å². The average molecular weight is 463 g/mol. The van der Waals surface area contributed by atoms with Crippen LogP contribution in [0.4, 0.5) is 0 Å². The smallest absolute Gasteiger partial charge is 0.260 e. The van der Waals surface area contributed by atoms with Crippen LogP contribution in [-0.4, -0.2) is 71.4 Å². The number of ether oxygens (including phenoxy) is 2. The van der Waals surface area contributed by atoms with E-state index in [-0.39, 0.29) is 12.5 Å². The zero-order valence-corrected chi connectivity index (χ0v) is 20.4. The zero-order valence-electron chi connectivity index (χ0n) is 20.4. The SMILES string of the molecule is CCCN1CCN(C(=O)COc2ccc(-c3cc(OCC)n(-c4ccc(C)cc4)n3)cc2)CC1. The first-order valence-corrected chi connectivity index (χ1v) is 12.1. The monoisotopic (exact) mass is 462 g/mol. The van der Waals surface area contributed by atoms with E-state index >= 15 is 0 Å². The number of amides is 1. The topological polar surface area (TPSA) is 59.8 Å². The summed E-state index contributed by atoms with van der Waals surface area (Å²) in [6, 6.07) is 17.8. The molecule has 0 bridgehead atoms. The van der Waals surface area contributed by atoms with Crippen LogP contribution in [0.1, 0.15) is 25.8 Å². The van der Waals surface area contributed by atoms with Gasteiger partial charge in [0.15, 0.2) is 6.61 Å². The molecule has 3 aromatic rings. The summed E-state index contributed by atoms with van der Waals surface area (Å²) in [5.41, 5.74) is 3.92. The van der Waals surface area contributed by atoms with E-state index in [1.54, 1.807) is 0 Å². The number of piperazine rings is 1. The van der Waals surface area contributed by atoms with Gasteiger partial charge >= 0.3 is 0 Å². The summed E-state index contributed by atoms with van der Waals surface area (Å²) in [6.45, 7) is 11.3. The van der Waals surface area contributed by atoms with Crippen LogP contribution in [0.3, 0.4) is 0 Å². The van der Waals surface area contributed by atoms with Crippen molar-refractivity contribution in [3.8, 4) is 28.6 Å². The summed E-state index contributed by atoms with van der Waals surface area (Å²) in [5, 5.41) is 4.77. The predicted octanol–water partition coefficient (Wildman–Crippen LogP) is 4.18. The number of aromatic nitrogens is 2. The summed E-state index contributed by atoms with van der Waals surface area (Å²) in [6.07, 6.45) is 1.15. The molecule has 0 spiro atoms. The van der Waals surface area contributed by atoms with Crippen LogP contribution < -0.4 is 9.47 Å². The van der Waals surface area contributed by atoms with E-state index < -0.39 is 0 Å². The summed E-state index contributed by atoms with van der Waals surface area (Å²) < 4.78 is 13.4. The Morgan fingerprint density at radius 2 is 1.65 bits per heavy atom. The Bertz CT molecular complexity index is 1070. The molecule has 0 aliphatic carbocycles. The molecule has 1 aromatic heterocycles. The fraction of sp³-hybridized carbons (Fsp3) is 0.407. The van der Waals surface area contributed by atoms with Gasteiger partial charge in [-0.2, -0.15) is 5.10 Å². The molecule has 34 heavy (non-hydrogen) atoms. The number of carbonyl (C=O) groups is 1. The number of hydrogen-bond acceptors (Lipinski definition) is 5. The van der Waals surface area contributed by atoms with Crippen LogP contribution in [-0.2, 0) is 4.79 Å². The summed E-state index contributed by atoms with van der Waals surface area (Å²) in [5.74, 6) is 1.41. The van der Waals surface area contributed by atoms with E-state index in [0.29, 0.717) is 18.2 Å². The van der Waals surface area contributed by atoms with Crippen molar-refractivity contribution >= 4 is 5.91 Å². The first-order chi connectivity index (χ1) is 16.6. The van der Waals surface area contributed by atoms with Crippen LogP contribution in [0.15, 0.2) is 54.6 Å². The van der Waals surface area contributed by atoms with Gasteiger partial charge in [0.2, 0.25) is 5.88 Å². The lowest BCUT2D eigenvalue weighted by Crippen LogP contribution is -2.50. The maximum absolute atomic E-state index is 12.5. The highest BCUT2D eigenvalue weighted by molar-refractivity contribution is 5.78. The fourth-order valence-electron chi connectivity index (χ4n) is 4.12. The maximum Gasteiger partial charge on any atom is 0.260 e. The van der Waals surface area contributed by atoms with E-state index in [1.165, 1.54) is 5.56 Å². The third-order valence-corrected chi connectivity index (χ3v) is 6.02. The number of benzene rings is 2. The molecule has 0 atom stereocenters. The van der Waals surface area contributed by atoms with Crippen molar-refractivity contribution in [3.63, 3.8) is 0 Å². The lowest BCUT2D eigenvalue weighted by molar-refractivity contribution is -0.135. The van der Waals surface area contributed by atoms with Crippen molar-refractivity contribution < 1.29 is 14.3 Å². The van der Waals surface area contributed by atoms with Crippen LogP contribution >= 0.6 is 0 Å². The number of aryl methyl sites for hydroxylation is 1. The van der Waals surface area contributed by atoms with E-state index in [2.05, 4.69) is 30.9 Å². The molecule has 1 aliphatic rings. The van der Waals surface area contributed by atoms with Crippen LogP contribution in [0.5, 0.6) is 11.6 Å². The zero-order chi connectivity index (χ0) is 23.9. The van der Waals surface area contributed by atoms with Gasteiger partial charge in [0, 0.05) is 37.8 Å². The van der Waals surface area contributed by atoms with Gasteiger partial charge in [0.25, 0.3) is 5.91 Å². The molecule has 2 aromatic carbocycles. The Morgan fingerprint density at radius 3 is 2.29 bits per heavy atom. The Morgan fingerprint density at radius 1 is 0.941 bits per heavy atom. The lowest BCUT2D eigenvalue weighted by atomic mass is 10.1. The Kier molecular flexibility index (Phi) is 7.85. The predicted molar refractivity (Wildman–Crippen MR) is 134 cm³/mol. The average Bonchev–Trinajstić information content (AvgIpc) is 3.28. The molecule has 1 aliphatic heterocycles. The van der Waals surface area contributed by atoms with Gasteiger partial charge in [-0.05, 0) is 63.2 Å². The highest BCUT2D eigenvalue weighted by atomic mass is 16.5. The lowest BCUT2D eigenvalue weighted by Gasteiger charge is -2.34. The Hall–Kier alpha value is -3.32. The first kappa shape index (κ1) is 23.8. The van der Waals surface area contributed by atoms with Gasteiger partial charge in [0.1, 0.15) is 5.75 Å². The van der Waals surface area contributed by atoms with Gasteiger partial charge in [-0.25, -0.2) is 4.68 Å². The number of hydrogen-bond donors (Lipinski definition) is 0. The molecule has 1 saturated heterocycles. The number of rotatable bonds is 9. The van der Waals surface area contributed by atoms with Gasteiger partial charge in [-0.15, -0.1) is 0 Å². The molecule has 180 valence electrons. The first-order valence-electron chi connectivity index (χ1n) is 12.1. The molecule has 7 heteroatoms. The van der Waals surface area contributed by atoms with Crippen molar-refractivity contribution in [2.75, 3.05) is 45.9 Å². The number of carbonyl (C=O) groups excluding carboxylic acids is 1. The van der Waals surface area contributed by atoms with Gasteiger partial charge in [0.05, 0.1) is 18.0 Å². The largest absolute Gasteiger partial charge is 0.484 e.